The molecule has 0 spiro atoms. The molecule has 1 fully saturated rings. The van der Waals surface area contributed by atoms with Gasteiger partial charge in [-0.25, -0.2) is 4.79 Å². The number of urea groups is 1. The van der Waals surface area contributed by atoms with Crippen molar-refractivity contribution in [3.63, 3.8) is 0 Å². The van der Waals surface area contributed by atoms with Crippen LogP contribution >= 0.6 is 0 Å². The van der Waals surface area contributed by atoms with Gasteiger partial charge in [0.15, 0.2) is 0 Å². The van der Waals surface area contributed by atoms with E-state index in [1.807, 2.05) is 13.8 Å². The van der Waals surface area contributed by atoms with Gasteiger partial charge in [0.05, 0.1) is 11.8 Å². The number of carboxylic acids is 1. The molecule has 1 heterocycles. The molecule has 122 valence electrons. The molecule has 1 aliphatic heterocycles. The van der Waals surface area contributed by atoms with Crippen LogP contribution in [0.2, 0.25) is 0 Å². The average Bonchev–Trinajstić information content (AvgIpc) is 2.83. The van der Waals surface area contributed by atoms with Crippen LogP contribution in [0.25, 0.3) is 0 Å². The largest absolute Gasteiger partial charge is 0.481 e. The fourth-order valence-corrected chi connectivity index (χ4v) is 2.54. The zero-order valence-corrected chi connectivity index (χ0v) is 12.1. The molecule has 0 aromatic heterocycles. The van der Waals surface area contributed by atoms with E-state index in [4.69, 9.17) is 5.11 Å². The minimum Gasteiger partial charge on any atom is -0.481 e. The van der Waals surface area contributed by atoms with E-state index in [1.54, 1.807) is 0 Å². The van der Waals surface area contributed by atoms with Gasteiger partial charge in [-0.05, 0) is 12.8 Å². The minimum atomic E-state index is -4.62. The van der Waals surface area contributed by atoms with Crippen LogP contribution in [0.1, 0.15) is 33.1 Å². The van der Waals surface area contributed by atoms with Gasteiger partial charge in [-0.3, -0.25) is 4.79 Å². The number of carbonyl (C=O) groups excluding carboxylic acids is 1. The van der Waals surface area contributed by atoms with Gasteiger partial charge in [-0.15, -0.1) is 0 Å². The highest BCUT2D eigenvalue weighted by Crippen LogP contribution is 2.37. The van der Waals surface area contributed by atoms with Crippen LogP contribution in [0.5, 0.6) is 0 Å². The van der Waals surface area contributed by atoms with Crippen LogP contribution in [0.4, 0.5) is 18.0 Å². The second kappa shape index (κ2) is 7.00. The Morgan fingerprint density at radius 2 is 1.95 bits per heavy atom. The average molecular weight is 310 g/mol. The Balaban J connectivity index is 2.73. The van der Waals surface area contributed by atoms with Gasteiger partial charge in [0.2, 0.25) is 0 Å². The molecular weight excluding hydrogens is 289 g/mol. The van der Waals surface area contributed by atoms with Crippen molar-refractivity contribution >= 4 is 12.0 Å². The molecule has 0 aromatic rings. The Kier molecular flexibility index (Phi) is 5.86. The predicted octanol–water partition coefficient (Wildman–Crippen LogP) is 2.47. The first-order chi connectivity index (χ1) is 9.70. The number of halogens is 3. The Labute approximate surface area is 121 Å². The normalized spacial score (nSPS) is 24.0. The fraction of sp³-hybridized carbons (Fsp3) is 0.846. The lowest BCUT2D eigenvalue weighted by Crippen LogP contribution is -2.44. The standard InChI is InChI=1S/C13H21F3N2O3/c1-3-5-8(4-2)17-12(21)18-6-9(11(19)20)10(7-18)13(14,15)16/h8-10H,3-7H2,1-2H3,(H,17,21)(H,19,20)/t8?,9-,10-/m1/s1. The molecular formula is C13H21F3N2O3. The third-order valence-electron chi connectivity index (χ3n) is 3.80. The van der Waals surface area contributed by atoms with Crippen molar-refractivity contribution in [3.05, 3.63) is 0 Å². The molecule has 2 amide bonds. The van der Waals surface area contributed by atoms with Gasteiger partial charge < -0.3 is 15.3 Å². The van der Waals surface area contributed by atoms with E-state index in [0.717, 1.165) is 17.7 Å². The zero-order valence-electron chi connectivity index (χ0n) is 12.1. The zero-order chi connectivity index (χ0) is 16.2. The van der Waals surface area contributed by atoms with Crippen LogP contribution in [0.3, 0.4) is 0 Å². The summed E-state index contributed by atoms with van der Waals surface area (Å²) in [6, 6.07) is -0.719. The van der Waals surface area contributed by atoms with Gasteiger partial charge in [-0.1, -0.05) is 20.3 Å². The van der Waals surface area contributed by atoms with Gasteiger partial charge in [0.25, 0.3) is 0 Å². The number of hydrogen-bond donors (Lipinski definition) is 2. The van der Waals surface area contributed by atoms with Crippen molar-refractivity contribution in [3.8, 4) is 0 Å². The Bertz CT molecular complexity index is 387. The number of amides is 2. The monoisotopic (exact) mass is 310 g/mol. The molecule has 5 nitrogen and oxygen atoms in total. The summed E-state index contributed by atoms with van der Waals surface area (Å²) < 4.78 is 38.5. The van der Waals surface area contributed by atoms with Crippen molar-refractivity contribution < 1.29 is 27.9 Å². The molecule has 1 rings (SSSR count). The summed E-state index contributed by atoms with van der Waals surface area (Å²) in [4.78, 5) is 23.9. The summed E-state index contributed by atoms with van der Waals surface area (Å²) in [5, 5.41) is 11.6. The number of aliphatic carboxylic acids is 1. The molecule has 8 heteroatoms. The molecule has 1 unspecified atom stereocenters. The maximum Gasteiger partial charge on any atom is 0.394 e. The summed E-state index contributed by atoms with van der Waals surface area (Å²) in [6.07, 6.45) is -2.35. The number of nitrogens with zero attached hydrogens (tertiary/aromatic N) is 1. The number of carbonyl (C=O) groups is 2. The molecule has 1 saturated heterocycles. The molecule has 0 saturated carbocycles. The van der Waals surface area contributed by atoms with E-state index in [0.29, 0.717) is 6.42 Å². The lowest BCUT2D eigenvalue weighted by Gasteiger charge is -2.22. The first-order valence-corrected chi connectivity index (χ1v) is 7.05. The van der Waals surface area contributed by atoms with E-state index in [9.17, 15) is 22.8 Å². The maximum atomic E-state index is 12.8. The topological polar surface area (TPSA) is 69.6 Å². The van der Waals surface area contributed by atoms with Crippen molar-refractivity contribution in [2.75, 3.05) is 13.1 Å². The number of rotatable bonds is 5. The summed E-state index contributed by atoms with van der Waals surface area (Å²) in [5.74, 6) is -5.12. The smallest absolute Gasteiger partial charge is 0.394 e. The van der Waals surface area contributed by atoms with Gasteiger partial charge >= 0.3 is 18.2 Å². The number of likely N-dealkylation sites (tertiary alicyclic amines) is 1. The molecule has 1 aliphatic rings. The third kappa shape index (κ3) is 4.50. The molecule has 3 atom stereocenters. The minimum absolute atomic E-state index is 0.101. The number of alkyl halides is 3. The summed E-state index contributed by atoms with van der Waals surface area (Å²) in [7, 11) is 0. The van der Waals surface area contributed by atoms with Gasteiger partial charge in [0.1, 0.15) is 0 Å². The van der Waals surface area contributed by atoms with Crippen LogP contribution in [0, 0.1) is 11.8 Å². The molecule has 0 radical (unpaired) electrons. The van der Waals surface area contributed by atoms with Crippen molar-refractivity contribution in [1.82, 2.24) is 10.2 Å². The van der Waals surface area contributed by atoms with Crippen LogP contribution in [-0.4, -0.2) is 47.3 Å². The van der Waals surface area contributed by atoms with Gasteiger partial charge in [0, 0.05) is 19.1 Å². The van der Waals surface area contributed by atoms with E-state index in [-0.39, 0.29) is 6.04 Å². The van der Waals surface area contributed by atoms with Gasteiger partial charge in [-0.2, -0.15) is 13.2 Å². The van der Waals surface area contributed by atoms with Crippen LogP contribution < -0.4 is 5.32 Å². The first kappa shape index (κ1) is 17.6. The second-order valence-electron chi connectivity index (χ2n) is 5.34. The Morgan fingerprint density at radius 3 is 2.33 bits per heavy atom. The lowest BCUT2D eigenvalue weighted by molar-refractivity contribution is -0.187. The van der Waals surface area contributed by atoms with Crippen molar-refractivity contribution in [2.24, 2.45) is 11.8 Å². The van der Waals surface area contributed by atoms with E-state index in [2.05, 4.69) is 5.32 Å². The highest BCUT2D eigenvalue weighted by Gasteiger charge is 2.53. The van der Waals surface area contributed by atoms with Crippen molar-refractivity contribution in [2.45, 2.75) is 45.3 Å². The highest BCUT2D eigenvalue weighted by atomic mass is 19.4. The molecule has 0 aromatic carbocycles. The van der Waals surface area contributed by atoms with Crippen molar-refractivity contribution in [1.29, 1.82) is 0 Å². The summed E-state index contributed by atoms with van der Waals surface area (Å²) >= 11 is 0. The first-order valence-electron chi connectivity index (χ1n) is 7.05. The summed E-state index contributed by atoms with van der Waals surface area (Å²) in [5.41, 5.74) is 0. The van der Waals surface area contributed by atoms with E-state index >= 15 is 0 Å². The molecule has 0 aliphatic carbocycles. The summed E-state index contributed by atoms with van der Waals surface area (Å²) in [6.45, 7) is 2.82. The predicted molar refractivity (Wildman–Crippen MR) is 69.8 cm³/mol. The number of hydrogen-bond acceptors (Lipinski definition) is 2. The molecule has 21 heavy (non-hydrogen) atoms. The quantitative estimate of drug-likeness (QED) is 0.819. The van der Waals surface area contributed by atoms with E-state index < -0.39 is 43.1 Å². The van der Waals surface area contributed by atoms with Crippen LogP contribution in [0.15, 0.2) is 0 Å². The molecule has 0 bridgehead atoms. The molecule has 2 N–H and O–H groups in total. The Hall–Kier alpha value is -1.47. The number of carboxylic acid groups (broad SMARTS) is 1. The maximum absolute atomic E-state index is 12.8. The van der Waals surface area contributed by atoms with Crippen LogP contribution in [-0.2, 0) is 4.79 Å². The lowest BCUT2D eigenvalue weighted by atomic mass is 9.96. The Morgan fingerprint density at radius 1 is 1.33 bits per heavy atom. The highest BCUT2D eigenvalue weighted by molar-refractivity contribution is 5.78. The third-order valence-corrected chi connectivity index (χ3v) is 3.80. The van der Waals surface area contributed by atoms with E-state index in [1.165, 1.54) is 0 Å². The second-order valence-corrected chi connectivity index (χ2v) is 5.34. The SMILES string of the molecule is CCCC(CC)NC(=O)N1C[C@@H](C(F)(F)F)[C@H](C(=O)O)C1. The number of nitrogens with one attached hydrogen (secondary N) is 1. The fourth-order valence-electron chi connectivity index (χ4n) is 2.54.